The molecule has 5 rings (SSSR count). The SMILES string of the molecule is [N-]=[N+]=NCCCCCO[C@H]1O[C@H](CO[C@H]2O[C@H](CO)[C@@H](O)[C@H](O)[C@@H]2O[C@H]2O[C@H](CO)[C@@H](O)[C@H](O)[C@@H]2O)[C@@H](O)[C@H](O[C@H]2O[C@H](CO)[C@@H](O)[C@H](O)[C@@H]2O[C@H]2O[C@H](CO)[C@@H](O)[C@H](O)[C@@H]2O)[C@@H]1O. The van der Waals surface area contributed by atoms with Gasteiger partial charge in [0.15, 0.2) is 31.5 Å². The van der Waals surface area contributed by atoms with E-state index in [1.54, 1.807) is 0 Å². The van der Waals surface area contributed by atoms with Gasteiger partial charge < -0.3 is 129 Å². The van der Waals surface area contributed by atoms with Crippen LogP contribution in [0.25, 0.3) is 10.4 Å². The molecule has 0 aromatic rings. The summed E-state index contributed by atoms with van der Waals surface area (Å²) in [5, 5.41) is 172. The highest BCUT2D eigenvalue weighted by Crippen LogP contribution is 2.35. The molecule has 0 aliphatic carbocycles. The molecule has 0 unspecified atom stereocenters. The monoisotopic (exact) mass is 939 g/mol. The van der Waals surface area contributed by atoms with Crippen LogP contribution in [-0.4, -0.2) is 281 Å². The highest BCUT2D eigenvalue weighted by atomic mass is 16.8. The molecule has 0 radical (unpaired) electrons. The highest BCUT2D eigenvalue weighted by Gasteiger charge is 2.56. The maximum absolute atomic E-state index is 11.7. The number of azide groups is 1. The molecule has 0 amide bonds. The van der Waals surface area contributed by atoms with Gasteiger partial charge in [-0.3, -0.25) is 0 Å². The summed E-state index contributed by atoms with van der Waals surface area (Å²) in [4.78, 5) is 2.68. The molecule has 5 fully saturated rings. The van der Waals surface area contributed by atoms with Crippen LogP contribution in [0.2, 0.25) is 0 Å². The van der Waals surface area contributed by atoms with Gasteiger partial charge in [0.1, 0.15) is 122 Å². The molecule has 0 saturated carbocycles. The molecule has 5 aliphatic rings. The summed E-state index contributed by atoms with van der Waals surface area (Å²) in [7, 11) is 0. The first-order valence-corrected chi connectivity index (χ1v) is 20.6. The summed E-state index contributed by atoms with van der Waals surface area (Å²) in [5.74, 6) is 0. The zero-order valence-electron chi connectivity index (χ0n) is 34.1. The molecule has 0 aromatic heterocycles. The van der Waals surface area contributed by atoms with Gasteiger partial charge in [0.05, 0.1) is 33.0 Å². The van der Waals surface area contributed by atoms with E-state index in [2.05, 4.69) is 10.0 Å². The Morgan fingerprint density at radius 3 is 1.30 bits per heavy atom. The van der Waals surface area contributed by atoms with Crippen LogP contribution in [0.1, 0.15) is 19.3 Å². The van der Waals surface area contributed by atoms with Gasteiger partial charge >= 0.3 is 0 Å². The Bertz CT molecular complexity index is 1440. The van der Waals surface area contributed by atoms with Crippen molar-refractivity contribution in [2.45, 2.75) is 173 Å². The Morgan fingerprint density at radius 2 is 0.812 bits per heavy atom. The second kappa shape index (κ2) is 24.5. The smallest absolute Gasteiger partial charge is 0.187 e. The first-order valence-electron chi connectivity index (χ1n) is 20.6. The minimum Gasteiger partial charge on any atom is -0.394 e. The molecular formula is C35H61N3O26. The van der Waals surface area contributed by atoms with Gasteiger partial charge in [0.2, 0.25) is 0 Å². The summed E-state index contributed by atoms with van der Waals surface area (Å²) < 4.78 is 57.0. The third kappa shape index (κ3) is 12.1. The third-order valence-electron chi connectivity index (χ3n) is 11.5. The molecule has 5 aliphatic heterocycles. The fourth-order valence-corrected chi connectivity index (χ4v) is 7.70. The molecule has 5 saturated heterocycles. The average Bonchev–Trinajstić information content (AvgIpc) is 3.29. The fourth-order valence-electron chi connectivity index (χ4n) is 7.70. The van der Waals surface area contributed by atoms with Gasteiger partial charge in [-0.25, -0.2) is 0 Å². The Balaban J connectivity index is 1.39. The molecule has 0 spiro atoms. The van der Waals surface area contributed by atoms with Crippen LogP contribution in [-0.2, 0) is 47.4 Å². The molecule has 5 heterocycles. The largest absolute Gasteiger partial charge is 0.394 e. The van der Waals surface area contributed by atoms with Gasteiger partial charge in [-0.1, -0.05) is 11.5 Å². The lowest BCUT2D eigenvalue weighted by molar-refractivity contribution is -0.392. The quantitative estimate of drug-likeness (QED) is 0.0233. The molecule has 29 heteroatoms. The van der Waals surface area contributed by atoms with Crippen LogP contribution in [0, 0.1) is 0 Å². The van der Waals surface area contributed by atoms with Crippen molar-refractivity contribution in [3.63, 3.8) is 0 Å². The first kappa shape index (κ1) is 53.2. The average molecular weight is 940 g/mol. The predicted octanol–water partition coefficient (Wildman–Crippen LogP) is -9.42. The number of hydrogen-bond acceptors (Lipinski definition) is 27. The molecule has 0 aromatic carbocycles. The van der Waals surface area contributed by atoms with E-state index in [1.807, 2.05) is 0 Å². The van der Waals surface area contributed by atoms with E-state index in [4.69, 9.17) is 52.9 Å². The molecule has 16 N–H and O–H groups in total. The lowest BCUT2D eigenvalue weighted by Crippen LogP contribution is -2.67. The zero-order valence-corrected chi connectivity index (χ0v) is 34.1. The van der Waals surface area contributed by atoms with Gasteiger partial charge in [-0.2, -0.15) is 0 Å². The van der Waals surface area contributed by atoms with Crippen LogP contribution in [0.3, 0.4) is 0 Å². The lowest BCUT2D eigenvalue weighted by atomic mass is 9.96. The Labute approximate surface area is 363 Å². The number of aliphatic hydroxyl groups is 16. The summed E-state index contributed by atoms with van der Waals surface area (Å²) in [6, 6.07) is 0. The third-order valence-corrected chi connectivity index (χ3v) is 11.5. The van der Waals surface area contributed by atoms with Gasteiger partial charge in [0.25, 0.3) is 0 Å². The van der Waals surface area contributed by atoms with Crippen LogP contribution < -0.4 is 0 Å². The second-order valence-electron chi connectivity index (χ2n) is 15.9. The standard InChI is InChI=1S/C35H61N3O26/c36-38-37-4-2-1-3-5-55-31-27(54)28(62-35-30(24(51)19(46)14(9-42)60-35)64-33-26(53)22(49)17(44)12(7-40)58-33)20(47)15(61-31)10-56-34-29(23(50)18(45)13(8-41)59-34)63-32-25(52)21(48)16(43)11(6-39)57-32/h11-35,39-54H,1-10H2/t11-,12-,13-,14-,15-,16-,17-,18-,19-,20-,21+,22+,23+,24+,25+,26+,27+,28+,29+,30+,31+,32-,33-,34+,35-/m1/s1. The van der Waals surface area contributed by atoms with Crippen LogP contribution >= 0.6 is 0 Å². The minimum atomic E-state index is -2.04. The molecule has 0 bridgehead atoms. The van der Waals surface area contributed by atoms with Crippen molar-refractivity contribution in [2.24, 2.45) is 5.11 Å². The maximum atomic E-state index is 11.7. The van der Waals surface area contributed by atoms with Gasteiger partial charge in [0, 0.05) is 18.1 Å². The van der Waals surface area contributed by atoms with Crippen molar-refractivity contribution in [2.75, 3.05) is 46.2 Å². The lowest BCUT2D eigenvalue weighted by Gasteiger charge is -2.49. The van der Waals surface area contributed by atoms with E-state index in [0.29, 0.717) is 19.3 Å². The number of aliphatic hydroxyl groups excluding tert-OH is 16. The van der Waals surface area contributed by atoms with Gasteiger partial charge in [-0.05, 0) is 18.4 Å². The number of hydrogen-bond donors (Lipinski definition) is 16. The van der Waals surface area contributed by atoms with Crippen molar-refractivity contribution in [1.29, 1.82) is 0 Å². The number of rotatable bonds is 20. The molecule has 64 heavy (non-hydrogen) atoms. The van der Waals surface area contributed by atoms with Crippen molar-refractivity contribution < 1.29 is 129 Å². The Kier molecular flexibility index (Phi) is 20.4. The van der Waals surface area contributed by atoms with E-state index in [9.17, 15) is 81.7 Å². The van der Waals surface area contributed by atoms with Crippen molar-refractivity contribution >= 4 is 0 Å². The summed E-state index contributed by atoms with van der Waals surface area (Å²) in [5.41, 5.74) is 8.53. The molecule has 372 valence electrons. The van der Waals surface area contributed by atoms with Crippen LogP contribution in [0.15, 0.2) is 5.11 Å². The van der Waals surface area contributed by atoms with Crippen molar-refractivity contribution in [3.05, 3.63) is 10.4 Å². The Morgan fingerprint density at radius 1 is 0.391 bits per heavy atom. The minimum absolute atomic E-state index is 0.0995. The summed E-state index contributed by atoms with van der Waals surface area (Å²) >= 11 is 0. The van der Waals surface area contributed by atoms with Crippen LogP contribution in [0.4, 0.5) is 0 Å². The van der Waals surface area contributed by atoms with E-state index in [-0.39, 0.29) is 13.2 Å². The van der Waals surface area contributed by atoms with Crippen molar-refractivity contribution in [1.82, 2.24) is 0 Å². The predicted molar refractivity (Wildman–Crippen MR) is 198 cm³/mol. The van der Waals surface area contributed by atoms with E-state index >= 15 is 0 Å². The topological polar surface area (TPSA) is 465 Å². The zero-order chi connectivity index (χ0) is 47.0. The van der Waals surface area contributed by atoms with Gasteiger partial charge in [-0.15, -0.1) is 0 Å². The van der Waals surface area contributed by atoms with E-state index < -0.39 is 187 Å². The Hall–Kier alpha value is -1.73. The summed E-state index contributed by atoms with van der Waals surface area (Å²) in [6.45, 7) is -4.21. The second-order valence-corrected chi connectivity index (χ2v) is 15.9. The molecule has 29 nitrogen and oxygen atoms in total. The fraction of sp³-hybridized carbons (Fsp3) is 1.00. The highest BCUT2D eigenvalue weighted by molar-refractivity contribution is 4.98. The van der Waals surface area contributed by atoms with E-state index in [0.717, 1.165) is 0 Å². The van der Waals surface area contributed by atoms with E-state index in [1.165, 1.54) is 0 Å². The molecular weight excluding hydrogens is 878 g/mol. The maximum Gasteiger partial charge on any atom is 0.187 e. The summed E-state index contributed by atoms with van der Waals surface area (Å²) in [6.07, 6.45) is -44.6. The number of unbranched alkanes of at least 4 members (excludes halogenated alkanes) is 2. The van der Waals surface area contributed by atoms with Crippen molar-refractivity contribution in [3.8, 4) is 0 Å². The first-order chi connectivity index (χ1) is 30.5. The molecule has 25 atom stereocenters. The normalized spacial score (nSPS) is 47.8. The number of nitrogens with zero attached hydrogens (tertiary/aromatic N) is 3. The number of ether oxygens (including phenoxy) is 10. The van der Waals surface area contributed by atoms with Crippen LogP contribution in [0.5, 0.6) is 0 Å².